The lowest BCUT2D eigenvalue weighted by molar-refractivity contribution is 0.102. The van der Waals surface area contributed by atoms with Crippen LogP contribution in [-0.4, -0.2) is 20.3 Å². The Labute approximate surface area is 140 Å². The largest absolute Gasteiger partial charge is 0.328 e. The minimum atomic E-state index is -0.445. The van der Waals surface area contributed by atoms with Gasteiger partial charge >= 0.3 is 0 Å². The Morgan fingerprint density at radius 3 is 3.00 bits per heavy atom. The van der Waals surface area contributed by atoms with Gasteiger partial charge in [0.25, 0.3) is 11.5 Å². The molecule has 0 bridgehead atoms. The molecule has 0 atom stereocenters. The summed E-state index contributed by atoms with van der Waals surface area (Å²) in [7, 11) is 0. The number of hydrogen-bond donors (Lipinski definition) is 2. The van der Waals surface area contributed by atoms with Gasteiger partial charge in [-0.15, -0.1) is 11.3 Å². The quantitative estimate of drug-likeness (QED) is 0.603. The van der Waals surface area contributed by atoms with Crippen molar-refractivity contribution in [3.8, 4) is 11.3 Å². The Balaban J connectivity index is 1.63. The standard InChI is InChI=1S/C17H12N4O2S/c22-15-13(5-2-6-18-15)16(23)19-12-4-1-3-11(9-12)14-10-21-7-8-24-17(21)20-14/h1-10H,(H,18,22)(H,19,23). The second kappa shape index (κ2) is 5.78. The van der Waals surface area contributed by atoms with Gasteiger partial charge in [0, 0.05) is 35.2 Å². The van der Waals surface area contributed by atoms with Crippen LogP contribution in [0.15, 0.2) is 65.2 Å². The van der Waals surface area contributed by atoms with E-state index in [0.29, 0.717) is 5.69 Å². The number of nitrogens with zero attached hydrogens (tertiary/aromatic N) is 2. The third-order valence-corrected chi connectivity index (χ3v) is 4.34. The number of nitrogens with one attached hydrogen (secondary N) is 2. The molecule has 0 saturated carbocycles. The van der Waals surface area contributed by atoms with Crippen molar-refractivity contribution < 1.29 is 4.79 Å². The van der Waals surface area contributed by atoms with Gasteiger partial charge < -0.3 is 10.3 Å². The molecule has 3 aromatic heterocycles. The van der Waals surface area contributed by atoms with E-state index in [1.54, 1.807) is 23.5 Å². The van der Waals surface area contributed by atoms with E-state index in [0.717, 1.165) is 16.2 Å². The van der Waals surface area contributed by atoms with Gasteiger partial charge in [-0.1, -0.05) is 12.1 Å². The molecule has 118 valence electrons. The number of amides is 1. The van der Waals surface area contributed by atoms with Crippen LogP contribution in [0.4, 0.5) is 5.69 Å². The van der Waals surface area contributed by atoms with E-state index in [4.69, 9.17) is 0 Å². The number of imidazole rings is 1. The smallest absolute Gasteiger partial charge is 0.261 e. The molecule has 0 fully saturated rings. The summed E-state index contributed by atoms with van der Waals surface area (Å²) in [5.41, 5.74) is 1.99. The molecular formula is C17H12N4O2S. The van der Waals surface area contributed by atoms with Gasteiger partial charge in [-0.2, -0.15) is 0 Å². The highest BCUT2D eigenvalue weighted by atomic mass is 32.1. The van der Waals surface area contributed by atoms with Crippen LogP contribution in [0, 0.1) is 0 Å². The van der Waals surface area contributed by atoms with Crippen LogP contribution in [0.5, 0.6) is 0 Å². The minimum absolute atomic E-state index is 0.0745. The molecule has 4 aromatic rings. The summed E-state index contributed by atoms with van der Waals surface area (Å²) >= 11 is 1.56. The lowest BCUT2D eigenvalue weighted by Gasteiger charge is -2.06. The van der Waals surface area contributed by atoms with Crippen molar-refractivity contribution in [2.75, 3.05) is 5.32 Å². The average molecular weight is 336 g/mol. The first-order valence-electron chi connectivity index (χ1n) is 7.22. The molecule has 24 heavy (non-hydrogen) atoms. The van der Waals surface area contributed by atoms with Gasteiger partial charge in [-0.05, 0) is 24.3 Å². The van der Waals surface area contributed by atoms with E-state index in [1.807, 2.05) is 40.4 Å². The Bertz CT molecular complexity index is 1060. The van der Waals surface area contributed by atoms with Crippen LogP contribution in [0.2, 0.25) is 0 Å². The third-order valence-electron chi connectivity index (χ3n) is 3.57. The second-order valence-electron chi connectivity index (χ2n) is 5.17. The third kappa shape index (κ3) is 2.61. The molecule has 0 aliphatic rings. The lowest BCUT2D eigenvalue weighted by atomic mass is 10.1. The predicted octanol–water partition coefficient (Wildman–Crippen LogP) is 3.00. The Morgan fingerprint density at radius 2 is 2.17 bits per heavy atom. The number of rotatable bonds is 3. The summed E-state index contributed by atoms with van der Waals surface area (Å²) in [5.74, 6) is -0.445. The number of carbonyl (C=O) groups excluding carboxylic acids is 1. The summed E-state index contributed by atoms with van der Waals surface area (Å²) in [5, 5.41) is 4.72. The molecule has 0 spiro atoms. The Hall–Kier alpha value is -3.19. The maximum atomic E-state index is 12.2. The Kier molecular flexibility index (Phi) is 3.47. The summed E-state index contributed by atoms with van der Waals surface area (Å²) in [6, 6.07) is 10.5. The van der Waals surface area contributed by atoms with Crippen molar-refractivity contribution in [1.29, 1.82) is 0 Å². The molecule has 3 heterocycles. The normalized spacial score (nSPS) is 10.8. The summed E-state index contributed by atoms with van der Waals surface area (Å²) < 4.78 is 1.95. The van der Waals surface area contributed by atoms with Crippen LogP contribution in [-0.2, 0) is 0 Å². The monoisotopic (exact) mass is 336 g/mol. The van der Waals surface area contributed by atoms with Gasteiger partial charge in [0.05, 0.1) is 5.69 Å². The van der Waals surface area contributed by atoms with Gasteiger partial charge in [-0.3, -0.25) is 14.0 Å². The van der Waals surface area contributed by atoms with Crippen molar-refractivity contribution >= 4 is 27.9 Å². The fourth-order valence-electron chi connectivity index (χ4n) is 2.42. The molecule has 2 N–H and O–H groups in total. The molecule has 0 radical (unpaired) electrons. The van der Waals surface area contributed by atoms with Crippen LogP contribution in [0.1, 0.15) is 10.4 Å². The van der Waals surface area contributed by atoms with Gasteiger partial charge in [-0.25, -0.2) is 4.98 Å². The number of fused-ring (bicyclic) bond motifs is 1. The fourth-order valence-corrected chi connectivity index (χ4v) is 3.12. The van der Waals surface area contributed by atoms with Crippen LogP contribution >= 0.6 is 11.3 Å². The second-order valence-corrected chi connectivity index (χ2v) is 6.04. The average Bonchev–Trinajstić information content (AvgIpc) is 3.17. The van der Waals surface area contributed by atoms with Crippen molar-refractivity contribution in [1.82, 2.24) is 14.4 Å². The molecule has 1 amide bonds. The fraction of sp³-hybridized carbons (Fsp3) is 0. The predicted molar refractivity (Wildman–Crippen MR) is 93.5 cm³/mol. The number of benzene rings is 1. The minimum Gasteiger partial charge on any atom is -0.328 e. The molecule has 0 aliphatic carbocycles. The highest BCUT2D eigenvalue weighted by molar-refractivity contribution is 7.15. The zero-order valence-corrected chi connectivity index (χ0v) is 13.2. The van der Waals surface area contributed by atoms with Crippen molar-refractivity contribution in [2.24, 2.45) is 0 Å². The molecule has 0 saturated heterocycles. The zero-order chi connectivity index (χ0) is 16.5. The Morgan fingerprint density at radius 1 is 1.25 bits per heavy atom. The molecule has 1 aromatic carbocycles. The van der Waals surface area contributed by atoms with Crippen LogP contribution in [0.3, 0.4) is 0 Å². The number of anilines is 1. The van der Waals surface area contributed by atoms with Gasteiger partial charge in [0.1, 0.15) is 5.56 Å². The number of aromatic amines is 1. The topological polar surface area (TPSA) is 79.3 Å². The molecule has 0 unspecified atom stereocenters. The van der Waals surface area contributed by atoms with Crippen molar-refractivity contribution in [3.05, 3.63) is 76.3 Å². The van der Waals surface area contributed by atoms with Gasteiger partial charge in [0.2, 0.25) is 0 Å². The van der Waals surface area contributed by atoms with Crippen molar-refractivity contribution in [2.45, 2.75) is 0 Å². The highest BCUT2D eigenvalue weighted by Crippen LogP contribution is 2.24. The number of H-pyrrole nitrogens is 1. The number of carbonyl (C=O) groups is 1. The SMILES string of the molecule is O=C(Nc1cccc(-c2cn3ccsc3n2)c1)c1ccc[nH]c1=O. The molecule has 6 nitrogen and oxygen atoms in total. The maximum absolute atomic E-state index is 12.2. The highest BCUT2D eigenvalue weighted by Gasteiger charge is 2.11. The van der Waals surface area contributed by atoms with E-state index in [2.05, 4.69) is 15.3 Å². The van der Waals surface area contributed by atoms with E-state index in [1.165, 1.54) is 12.3 Å². The molecule has 7 heteroatoms. The van der Waals surface area contributed by atoms with E-state index >= 15 is 0 Å². The number of thiazole rings is 1. The number of aromatic nitrogens is 3. The molecule has 0 aliphatic heterocycles. The first kappa shape index (κ1) is 14.4. The van der Waals surface area contributed by atoms with E-state index < -0.39 is 11.5 Å². The van der Waals surface area contributed by atoms with Gasteiger partial charge in [0.15, 0.2) is 4.96 Å². The van der Waals surface area contributed by atoms with Crippen LogP contribution < -0.4 is 10.9 Å². The molecule has 4 rings (SSSR count). The van der Waals surface area contributed by atoms with Crippen molar-refractivity contribution in [3.63, 3.8) is 0 Å². The zero-order valence-electron chi connectivity index (χ0n) is 12.4. The van der Waals surface area contributed by atoms with Crippen LogP contribution in [0.25, 0.3) is 16.2 Å². The van der Waals surface area contributed by atoms with E-state index in [9.17, 15) is 9.59 Å². The summed E-state index contributed by atoms with van der Waals surface area (Å²) in [6.07, 6.45) is 5.38. The van der Waals surface area contributed by atoms with E-state index in [-0.39, 0.29) is 5.56 Å². The maximum Gasteiger partial charge on any atom is 0.261 e. The first-order chi connectivity index (χ1) is 11.7. The first-order valence-corrected chi connectivity index (χ1v) is 8.10. The summed E-state index contributed by atoms with van der Waals surface area (Å²) in [6.45, 7) is 0. The number of hydrogen-bond acceptors (Lipinski definition) is 4. The number of pyridine rings is 1. The lowest BCUT2D eigenvalue weighted by Crippen LogP contribution is -2.22. The molecular weight excluding hydrogens is 324 g/mol. The summed E-state index contributed by atoms with van der Waals surface area (Å²) in [4.78, 5) is 31.9.